The number of aromatic nitrogens is 2. The van der Waals surface area contributed by atoms with E-state index in [2.05, 4.69) is 5.10 Å². The number of rotatable bonds is 3. The van der Waals surface area contributed by atoms with Crippen LogP contribution in [0.25, 0.3) is 0 Å². The Kier molecular flexibility index (Phi) is 2.62. The van der Waals surface area contributed by atoms with Gasteiger partial charge in [-0.3, -0.25) is 4.68 Å². The molecule has 4 heteroatoms. The minimum Gasteiger partial charge on any atom is -0.384 e. The van der Waals surface area contributed by atoms with E-state index in [4.69, 9.17) is 10.5 Å². The molecule has 1 aromatic rings. The van der Waals surface area contributed by atoms with Gasteiger partial charge in [0, 0.05) is 13.1 Å². The standard InChI is InChI=1S/C15H23N3O/c1-18-14(16)7-13(17-18)8-19-15-11-3-9-2-10(5-11)6-12(15)4-9/h7,9-12,15H,2-6,8,16H2,1H3. The Labute approximate surface area is 114 Å². The fraction of sp³-hybridized carbons (Fsp3) is 0.800. The second kappa shape index (κ2) is 4.23. The lowest BCUT2D eigenvalue weighted by atomic mass is 9.55. The molecule has 4 bridgehead atoms. The second-order valence-corrected chi connectivity index (χ2v) is 6.89. The van der Waals surface area contributed by atoms with Crippen molar-refractivity contribution in [2.75, 3.05) is 5.73 Å². The lowest BCUT2D eigenvalue weighted by molar-refractivity contribution is -0.132. The molecule has 4 nitrogen and oxygen atoms in total. The summed E-state index contributed by atoms with van der Waals surface area (Å²) in [5.41, 5.74) is 6.78. The van der Waals surface area contributed by atoms with E-state index in [1.807, 2.05) is 13.1 Å². The van der Waals surface area contributed by atoms with Gasteiger partial charge in [0.2, 0.25) is 0 Å². The maximum atomic E-state index is 6.24. The van der Waals surface area contributed by atoms with Crippen LogP contribution in [0.1, 0.15) is 37.8 Å². The van der Waals surface area contributed by atoms with Gasteiger partial charge in [0.1, 0.15) is 5.82 Å². The first-order chi connectivity index (χ1) is 9.19. The molecule has 4 aliphatic rings. The van der Waals surface area contributed by atoms with Crippen molar-refractivity contribution >= 4 is 5.82 Å². The van der Waals surface area contributed by atoms with E-state index in [9.17, 15) is 0 Å². The Morgan fingerprint density at radius 2 is 1.84 bits per heavy atom. The van der Waals surface area contributed by atoms with Gasteiger partial charge < -0.3 is 10.5 Å². The molecule has 1 heterocycles. The van der Waals surface area contributed by atoms with Crippen LogP contribution in [-0.4, -0.2) is 15.9 Å². The maximum absolute atomic E-state index is 6.24. The van der Waals surface area contributed by atoms with E-state index in [1.165, 1.54) is 32.1 Å². The summed E-state index contributed by atoms with van der Waals surface area (Å²) in [6, 6.07) is 1.93. The molecule has 4 aliphatic carbocycles. The highest BCUT2D eigenvalue weighted by Crippen LogP contribution is 2.54. The molecule has 1 aromatic heterocycles. The molecule has 0 radical (unpaired) electrons. The third-order valence-electron chi connectivity index (χ3n) is 5.53. The number of hydrogen-bond acceptors (Lipinski definition) is 3. The summed E-state index contributed by atoms with van der Waals surface area (Å²) >= 11 is 0. The fourth-order valence-electron chi connectivity index (χ4n) is 4.94. The highest BCUT2D eigenvalue weighted by atomic mass is 16.5. The zero-order valence-electron chi connectivity index (χ0n) is 11.6. The number of aryl methyl sites for hydroxylation is 1. The van der Waals surface area contributed by atoms with Gasteiger partial charge in [-0.15, -0.1) is 0 Å². The van der Waals surface area contributed by atoms with Crippen LogP contribution in [-0.2, 0) is 18.4 Å². The normalized spacial score (nSPS) is 39.9. The first-order valence-corrected chi connectivity index (χ1v) is 7.59. The first kappa shape index (κ1) is 11.8. The molecule has 104 valence electrons. The fourth-order valence-corrected chi connectivity index (χ4v) is 4.94. The second-order valence-electron chi connectivity index (χ2n) is 6.89. The van der Waals surface area contributed by atoms with Crippen LogP contribution in [0.3, 0.4) is 0 Å². The van der Waals surface area contributed by atoms with Crippen molar-refractivity contribution in [2.24, 2.45) is 30.7 Å². The van der Waals surface area contributed by atoms with Crippen LogP contribution >= 0.6 is 0 Å². The van der Waals surface area contributed by atoms with Crippen LogP contribution in [0.2, 0.25) is 0 Å². The zero-order valence-corrected chi connectivity index (χ0v) is 11.6. The molecule has 0 amide bonds. The summed E-state index contributed by atoms with van der Waals surface area (Å²) in [4.78, 5) is 0. The Bertz CT molecular complexity index is 434. The summed E-state index contributed by atoms with van der Waals surface area (Å²) in [7, 11) is 1.88. The van der Waals surface area contributed by atoms with Crippen LogP contribution in [0.15, 0.2) is 6.07 Å². The summed E-state index contributed by atoms with van der Waals surface area (Å²) in [6.07, 6.45) is 7.60. The average molecular weight is 261 g/mol. The van der Waals surface area contributed by atoms with E-state index in [0.29, 0.717) is 18.5 Å². The van der Waals surface area contributed by atoms with Crippen molar-refractivity contribution in [2.45, 2.75) is 44.8 Å². The molecule has 0 spiro atoms. The topological polar surface area (TPSA) is 53.1 Å². The number of nitrogens with zero attached hydrogens (tertiary/aromatic N) is 2. The van der Waals surface area contributed by atoms with Crippen LogP contribution in [0.5, 0.6) is 0 Å². The van der Waals surface area contributed by atoms with Gasteiger partial charge >= 0.3 is 0 Å². The van der Waals surface area contributed by atoms with Gasteiger partial charge in [-0.25, -0.2) is 0 Å². The molecule has 2 N–H and O–H groups in total. The SMILES string of the molecule is Cn1nc(COC2C3CC4CC(C3)CC2C4)cc1N. The minimum absolute atomic E-state index is 0.482. The van der Waals surface area contributed by atoms with E-state index in [1.54, 1.807) is 4.68 Å². The smallest absolute Gasteiger partial charge is 0.121 e. The van der Waals surface area contributed by atoms with E-state index in [0.717, 1.165) is 29.4 Å². The van der Waals surface area contributed by atoms with Gasteiger partial charge in [-0.05, 0) is 55.8 Å². The number of ether oxygens (including phenoxy) is 1. The Hall–Kier alpha value is -1.03. The third kappa shape index (κ3) is 1.97. The van der Waals surface area contributed by atoms with Crippen molar-refractivity contribution < 1.29 is 4.74 Å². The lowest BCUT2D eigenvalue weighted by Crippen LogP contribution is -2.49. The summed E-state index contributed by atoms with van der Waals surface area (Å²) in [6.45, 7) is 0.623. The maximum Gasteiger partial charge on any atom is 0.121 e. The van der Waals surface area contributed by atoms with E-state index >= 15 is 0 Å². The third-order valence-corrected chi connectivity index (χ3v) is 5.53. The van der Waals surface area contributed by atoms with Crippen molar-refractivity contribution in [3.63, 3.8) is 0 Å². The summed E-state index contributed by atoms with van der Waals surface area (Å²) < 4.78 is 7.96. The Balaban J connectivity index is 1.43. The number of nitrogens with two attached hydrogens (primary N) is 1. The summed E-state index contributed by atoms with van der Waals surface area (Å²) in [5, 5.41) is 4.38. The number of nitrogen functional groups attached to an aromatic ring is 1. The van der Waals surface area contributed by atoms with Crippen molar-refractivity contribution in [3.05, 3.63) is 11.8 Å². The predicted molar refractivity (Wildman–Crippen MR) is 73.2 cm³/mol. The van der Waals surface area contributed by atoms with Crippen LogP contribution in [0.4, 0.5) is 5.82 Å². The molecule has 0 unspecified atom stereocenters. The van der Waals surface area contributed by atoms with Crippen molar-refractivity contribution in [1.82, 2.24) is 9.78 Å². The van der Waals surface area contributed by atoms with E-state index in [-0.39, 0.29) is 0 Å². The van der Waals surface area contributed by atoms with Crippen LogP contribution in [0, 0.1) is 23.7 Å². The highest BCUT2D eigenvalue weighted by Gasteiger charge is 2.48. The molecule has 0 saturated heterocycles. The van der Waals surface area contributed by atoms with Gasteiger partial charge in [-0.1, -0.05) is 0 Å². The van der Waals surface area contributed by atoms with Crippen molar-refractivity contribution in [1.29, 1.82) is 0 Å². The zero-order chi connectivity index (χ0) is 13.0. The largest absolute Gasteiger partial charge is 0.384 e. The van der Waals surface area contributed by atoms with Crippen molar-refractivity contribution in [3.8, 4) is 0 Å². The Morgan fingerprint density at radius 3 is 2.37 bits per heavy atom. The number of hydrogen-bond donors (Lipinski definition) is 1. The van der Waals surface area contributed by atoms with Crippen LogP contribution < -0.4 is 5.73 Å². The molecule has 5 rings (SSSR count). The number of anilines is 1. The molecular formula is C15H23N3O. The molecule has 4 fully saturated rings. The molecule has 0 atom stereocenters. The monoisotopic (exact) mass is 261 g/mol. The summed E-state index contributed by atoms with van der Waals surface area (Å²) in [5.74, 6) is 4.36. The van der Waals surface area contributed by atoms with Gasteiger partial charge in [0.05, 0.1) is 18.4 Å². The van der Waals surface area contributed by atoms with Gasteiger partial charge in [-0.2, -0.15) is 5.10 Å². The predicted octanol–water partition coefficient (Wildman–Crippen LogP) is 2.34. The molecule has 0 aliphatic heterocycles. The highest BCUT2D eigenvalue weighted by molar-refractivity contribution is 5.30. The Morgan fingerprint density at radius 1 is 1.21 bits per heavy atom. The average Bonchev–Trinajstić information content (AvgIpc) is 2.67. The minimum atomic E-state index is 0.482. The first-order valence-electron chi connectivity index (χ1n) is 7.59. The van der Waals surface area contributed by atoms with E-state index < -0.39 is 0 Å². The lowest BCUT2D eigenvalue weighted by Gasteiger charge is -2.53. The molecule has 0 aromatic carbocycles. The molecule has 4 saturated carbocycles. The van der Waals surface area contributed by atoms with Gasteiger partial charge in [0.25, 0.3) is 0 Å². The molecular weight excluding hydrogens is 238 g/mol. The quantitative estimate of drug-likeness (QED) is 0.908. The molecule has 19 heavy (non-hydrogen) atoms. The van der Waals surface area contributed by atoms with Gasteiger partial charge in [0.15, 0.2) is 0 Å².